The van der Waals surface area contributed by atoms with Gasteiger partial charge in [0.25, 0.3) is 0 Å². The normalized spacial score (nSPS) is 22.6. The molecule has 25 heavy (non-hydrogen) atoms. The number of rotatable bonds is 4. The second-order valence-electron chi connectivity index (χ2n) is 6.45. The Kier molecular flexibility index (Phi) is 4.21. The van der Waals surface area contributed by atoms with Gasteiger partial charge < -0.3 is 14.5 Å². The van der Waals surface area contributed by atoms with Crippen LogP contribution in [0.1, 0.15) is 17.9 Å². The lowest BCUT2D eigenvalue weighted by Crippen LogP contribution is -2.49. The van der Waals surface area contributed by atoms with Crippen molar-refractivity contribution in [2.45, 2.75) is 12.3 Å². The average molecular weight is 339 g/mol. The zero-order chi connectivity index (χ0) is 17.2. The van der Waals surface area contributed by atoms with Crippen molar-refractivity contribution in [1.29, 1.82) is 0 Å². The van der Waals surface area contributed by atoms with Crippen molar-refractivity contribution in [1.82, 2.24) is 19.9 Å². The van der Waals surface area contributed by atoms with Crippen molar-refractivity contribution in [3.63, 3.8) is 0 Å². The van der Waals surface area contributed by atoms with Gasteiger partial charge in [0, 0.05) is 56.8 Å². The topological polar surface area (TPSA) is 71.5 Å². The number of hydrogen-bond acceptors (Lipinski definition) is 6. The molecular weight excluding hydrogens is 318 g/mol. The Morgan fingerprint density at radius 1 is 1.20 bits per heavy atom. The Balaban J connectivity index is 1.34. The minimum absolute atomic E-state index is 0.115. The lowest BCUT2D eigenvalue weighted by molar-refractivity contribution is -0.133. The predicted octanol–water partition coefficient (Wildman–Crippen LogP) is 1.33. The van der Waals surface area contributed by atoms with Gasteiger partial charge in [0.2, 0.25) is 17.7 Å². The standard InChI is InChI=1S/C18H21N5O2/c1-25-16-4-6-20-18(21-16)23-9-7-22(8-10-23)17(24)15-11-14(15)13-3-2-5-19-12-13/h2-6,12,14-15H,7-11H2,1H3. The summed E-state index contributed by atoms with van der Waals surface area (Å²) in [6.07, 6.45) is 6.27. The molecule has 1 amide bonds. The van der Waals surface area contributed by atoms with Crippen molar-refractivity contribution < 1.29 is 9.53 Å². The van der Waals surface area contributed by atoms with E-state index in [1.807, 2.05) is 17.2 Å². The van der Waals surface area contributed by atoms with Crippen LogP contribution in [-0.4, -0.2) is 59.0 Å². The first-order valence-electron chi connectivity index (χ1n) is 8.57. The van der Waals surface area contributed by atoms with E-state index in [0.29, 0.717) is 30.8 Å². The maximum atomic E-state index is 12.7. The smallest absolute Gasteiger partial charge is 0.228 e. The zero-order valence-corrected chi connectivity index (χ0v) is 14.2. The number of amides is 1. The Hall–Kier alpha value is -2.70. The van der Waals surface area contributed by atoms with Gasteiger partial charge in [-0.15, -0.1) is 0 Å². The second-order valence-corrected chi connectivity index (χ2v) is 6.45. The molecule has 2 aromatic rings. The lowest BCUT2D eigenvalue weighted by atomic mass is 10.1. The van der Waals surface area contributed by atoms with Gasteiger partial charge in [-0.1, -0.05) is 6.07 Å². The number of carbonyl (C=O) groups is 1. The molecule has 4 rings (SSSR count). The number of carbonyl (C=O) groups excluding carboxylic acids is 1. The Morgan fingerprint density at radius 3 is 2.76 bits per heavy atom. The summed E-state index contributed by atoms with van der Waals surface area (Å²) in [7, 11) is 1.59. The third-order valence-corrected chi connectivity index (χ3v) is 4.92. The zero-order valence-electron chi connectivity index (χ0n) is 14.2. The van der Waals surface area contributed by atoms with Gasteiger partial charge in [0.15, 0.2) is 0 Å². The van der Waals surface area contributed by atoms with Crippen LogP contribution >= 0.6 is 0 Å². The minimum Gasteiger partial charge on any atom is -0.481 e. The second kappa shape index (κ2) is 6.66. The van der Waals surface area contributed by atoms with Gasteiger partial charge in [-0.05, 0) is 24.0 Å². The van der Waals surface area contributed by atoms with Crippen LogP contribution in [0.4, 0.5) is 5.95 Å². The van der Waals surface area contributed by atoms with Crippen molar-refractivity contribution >= 4 is 11.9 Å². The fourth-order valence-corrected chi connectivity index (χ4v) is 3.39. The first-order valence-corrected chi connectivity index (χ1v) is 8.57. The molecule has 1 saturated heterocycles. The Labute approximate surface area is 146 Å². The van der Waals surface area contributed by atoms with Crippen LogP contribution in [0.2, 0.25) is 0 Å². The largest absolute Gasteiger partial charge is 0.481 e. The number of nitrogens with zero attached hydrogens (tertiary/aromatic N) is 5. The summed E-state index contributed by atoms with van der Waals surface area (Å²) in [6, 6.07) is 5.72. The average Bonchev–Trinajstić information content (AvgIpc) is 3.49. The van der Waals surface area contributed by atoms with Crippen LogP contribution < -0.4 is 9.64 Å². The van der Waals surface area contributed by atoms with Crippen LogP contribution in [0.5, 0.6) is 5.88 Å². The number of piperazine rings is 1. The molecule has 2 aromatic heterocycles. The fourth-order valence-electron chi connectivity index (χ4n) is 3.39. The van der Waals surface area contributed by atoms with Crippen LogP contribution in [0.15, 0.2) is 36.8 Å². The van der Waals surface area contributed by atoms with E-state index < -0.39 is 0 Å². The van der Waals surface area contributed by atoms with Gasteiger partial charge in [-0.25, -0.2) is 4.98 Å². The summed E-state index contributed by atoms with van der Waals surface area (Å²) in [4.78, 5) is 29.6. The molecule has 130 valence electrons. The SMILES string of the molecule is COc1ccnc(N2CCN(C(=O)C3CC3c3cccnc3)CC2)n1. The number of methoxy groups -OCH3 is 1. The Morgan fingerprint density at radius 2 is 2.04 bits per heavy atom. The van der Waals surface area contributed by atoms with Crippen molar-refractivity contribution in [2.24, 2.45) is 5.92 Å². The summed E-state index contributed by atoms with van der Waals surface area (Å²) in [5.74, 6) is 1.93. The highest BCUT2D eigenvalue weighted by Crippen LogP contribution is 2.48. The number of ether oxygens (including phenoxy) is 1. The van der Waals surface area contributed by atoms with Gasteiger partial charge in [0.05, 0.1) is 7.11 Å². The molecule has 0 aromatic carbocycles. The molecule has 1 saturated carbocycles. The molecule has 2 aliphatic rings. The van der Waals surface area contributed by atoms with E-state index >= 15 is 0 Å². The highest BCUT2D eigenvalue weighted by Gasteiger charge is 2.46. The van der Waals surface area contributed by atoms with Gasteiger partial charge in [-0.3, -0.25) is 9.78 Å². The number of pyridine rings is 1. The summed E-state index contributed by atoms with van der Waals surface area (Å²) in [5, 5.41) is 0. The molecular formula is C18H21N5O2. The molecule has 0 N–H and O–H groups in total. The van der Waals surface area contributed by atoms with Crippen molar-refractivity contribution in [3.8, 4) is 5.88 Å². The van der Waals surface area contributed by atoms with E-state index in [-0.39, 0.29) is 11.8 Å². The van der Waals surface area contributed by atoms with Crippen LogP contribution in [0.3, 0.4) is 0 Å². The maximum Gasteiger partial charge on any atom is 0.228 e. The fraction of sp³-hybridized carbons (Fsp3) is 0.444. The van der Waals surface area contributed by atoms with Crippen LogP contribution in [0.25, 0.3) is 0 Å². The number of hydrogen-bond donors (Lipinski definition) is 0. The number of anilines is 1. The first-order chi connectivity index (χ1) is 12.3. The molecule has 0 bridgehead atoms. The van der Waals surface area contributed by atoms with E-state index in [4.69, 9.17) is 4.74 Å². The van der Waals surface area contributed by atoms with E-state index in [0.717, 1.165) is 19.5 Å². The molecule has 2 fully saturated rings. The summed E-state index contributed by atoms with van der Waals surface area (Å²) < 4.78 is 5.15. The van der Waals surface area contributed by atoms with E-state index in [1.165, 1.54) is 5.56 Å². The molecule has 2 atom stereocenters. The van der Waals surface area contributed by atoms with Gasteiger partial charge in [-0.2, -0.15) is 4.98 Å². The van der Waals surface area contributed by atoms with E-state index in [2.05, 4.69) is 25.9 Å². The highest BCUT2D eigenvalue weighted by molar-refractivity contribution is 5.83. The molecule has 7 nitrogen and oxygen atoms in total. The monoisotopic (exact) mass is 339 g/mol. The van der Waals surface area contributed by atoms with E-state index in [1.54, 1.807) is 25.6 Å². The molecule has 1 aliphatic heterocycles. The molecule has 7 heteroatoms. The van der Waals surface area contributed by atoms with Gasteiger partial charge >= 0.3 is 0 Å². The molecule has 0 spiro atoms. The highest BCUT2D eigenvalue weighted by atomic mass is 16.5. The third-order valence-electron chi connectivity index (χ3n) is 4.92. The van der Waals surface area contributed by atoms with Crippen molar-refractivity contribution in [2.75, 3.05) is 38.2 Å². The molecule has 1 aliphatic carbocycles. The summed E-state index contributed by atoms with van der Waals surface area (Å²) in [5.41, 5.74) is 1.17. The van der Waals surface area contributed by atoms with Crippen molar-refractivity contribution in [3.05, 3.63) is 42.4 Å². The molecule has 2 unspecified atom stereocenters. The predicted molar refractivity (Wildman–Crippen MR) is 92.5 cm³/mol. The maximum absolute atomic E-state index is 12.7. The molecule has 3 heterocycles. The van der Waals surface area contributed by atoms with Gasteiger partial charge in [0.1, 0.15) is 0 Å². The summed E-state index contributed by atoms with van der Waals surface area (Å²) >= 11 is 0. The number of aromatic nitrogens is 3. The van der Waals surface area contributed by atoms with Crippen LogP contribution in [0, 0.1) is 5.92 Å². The molecule has 0 radical (unpaired) electrons. The lowest BCUT2D eigenvalue weighted by Gasteiger charge is -2.35. The minimum atomic E-state index is 0.115. The van der Waals surface area contributed by atoms with Crippen LogP contribution in [-0.2, 0) is 4.79 Å². The first kappa shape index (κ1) is 15.8. The summed E-state index contributed by atoms with van der Waals surface area (Å²) in [6.45, 7) is 2.89. The third kappa shape index (κ3) is 3.26. The quantitative estimate of drug-likeness (QED) is 0.837. The van der Waals surface area contributed by atoms with E-state index in [9.17, 15) is 4.79 Å². The Bertz CT molecular complexity index is 746.